The van der Waals surface area contributed by atoms with Crippen LogP contribution in [0.15, 0.2) is 48.5 Å². The number of amides is 1. The van der Waals surface area contributed by atoms with Crippen LogP contribution in [0.5, 0.6) is 0 Å². The van der Waals surface area contributed by atoms with E-state index >= 15 is 0 Å². The van der Waals surface area contributed by atoms with Crippen molar-refractivity contribution < 1.29 is 23.5 Å². The van der Waals surface area contributed by atoms with Crippen LogP contribution >= 0.6 is 0 Å². The highest BCUT2D eigenvalue weighted by Crippen LogP contribution is 2.14. The van der Waals surface area contributed by atoms with Crippen LogP contribution < -0.4 is 5.32 Å². The van der Waals surface area contributed by atoms with Crippen LogP contribution in [-0.2, 0) is 9.53 Å². The first-order valence-corrected chi connectivity index (χ1v) is 7.70. The van der Waals surface area contributed by atoms with Crippen molar-refractivity contribution in [1.29, 1.82) is 0 Å². The van der Waals surface area contributed by atoms with Gasteiger partial charge >= 0.3 is 5.97 Å². The van der Waals surface area contributed by atoms with Gasteiger partial charge in [0.15, 0.2) is 12.4 Å². The molecule has 0 fully saturated rings. The van der Waals surface area contributed by atoms with Crippen molar-refractivity contribution in [1.82, 2.24) is 5.32 Å². The lowest BCUT2D eigenvalue weighted by Gasteiger charge is -2.13. The molecule has 2 aromatic rings. The van der Waals surface area contributed by atoms with Gasteiger partial charge in [-0.15, -0.1) is 0 Å². The Hall–Kier alpha value is -3.02. The summed E-state index contributed by atoms with van der Waals surface area (Å²) in [5.74, 6) is -1.83. The number of carbonyl (C=O) groups excluding carboxylic acids is 3. The van der Waals surface area contributed by atoms with Gasteiger partial charge in [0, 0.05) is 12.5 Å². The molecule has 0 saturated heterocycles. The van der Waals surface area contributed by atoms with E-state index in [0.717, 1.165) is 11.6 Å². The molecule has 0 bridgehead atoms. The quantitative estimate of drug-likeness (QED) is 0.646. The number of hydrogen-bond acceptors (Lipinski definition) is 4. The normalized spacial score (nSPS) is 11.5. The van der Waals surface area contributed by atoms with Crippen molar-refractivity contribution in [2.45, 2.75) is 19.9 Å². The van der Waals surface area contributed by atoms with Gasteiger partial charge in [-0.1, -0.05) is 30.3 Å². The van der Waals surface area contributed by atoms with E-state index in [-0.39, 0.29) is 23.3 Å². The third kappa shape index (κ3) is 5.24. The molecule has 130 valence electrons. The van der Waals surface area contributed by atoms with E-state index in [9.17, 15) is 18.8 Å². The molecule has 0 heterocycles. The average molecular weight is 343 g/mol. The molecule has 1 N–H and O–H groups in total. The Bertz CT molecular complexity index is 786. The number of benzene rings is 2. The molecule has 1 amide bonds. The minimum Gasteiger partial charge on any atom is -0.454 e. The SMILES string of the molecule is CC(=O)NC(C)c1ccc(C(=O)COC(=O)c2cccc(F)c2)cc1. The Balaban J connectivity index is 1.94. The smallest absolute Gasteiger partial charge is 0.338 e. The van der Waals surface area contributed by atoms with Gasteiger partial charge in [-0.3, -0.25) is 9.59 Å². The molecule has 2 aromatic carbocycles. The molecular formula is C19H18FNO4. The lowest BCUT2D eigenvalue weighted by atomic mass is 10.0. The standard InChI is InChI=1S/C19H18FNO4/c1-12(21-13(2)22)14-6-8-15(9-7-14)18(23)11-25-19(24)16-4-3-5-17(20)10-16/h3-10,12H,11H2,1-2H3,(H,21,22). The van der Waals surface area contributed by atoms with Crippen molar-refractivity contribution >= 4 is 17.7 Å². The van der Waals surface area contributed by atoms with Gasteiger partial charge in [-0.2, -0.15) is 0 Å². The van der Waals surface area contributed by atoms with E-state index in [2.05, 4.69) is 5.32 Å². The number of nitrogens with one attached hydrogen (secondary N) is 1. The highest BCUT2D eigenvalue weighted by atomic mass is 19.1. The van der Waals surface area contributed by atoms with Crippen molar-refractivity contribution in [3.05, 3.63) is 71.0 Å². The molecule has 0 radical (unpaired) electrons. The molecule has 5 nitrogen and oxygen atoms in total. The van der Waals surface area contributed by atoms with Gasteiger partial charge in [0.25, 0.3) is 0 Å². The summed E-state index contributed by atoms with van der Waals surface area (Å²) in [6.07, 6.45) is 0. The van der Waals surface area contributed by atoms with Gasteiger partial charge < -0.3 is 10.1 Å². The fourth-order valence-corrected chi connectivity index (χ4v) is 2.26. The highest BCUT2D eigenvalue weighted by Gasteiger charge is 2.13. The summed E-state index contributed by atoms with van der Waals surface area (Å²) in [7, 11) is 0. The molecule has 0 aliphatic carbocycles. The summed E-state index contributed by atoms with van der Waals surface area (Å²) in [6, 6.07) is 11.5. The first-order valence-electron chi connectivity index (χ1n) is 7.70. The molecule has 25 heavy (non-hydrogen) atoms. The second kappa shape index (κ2) is 8.19. The van der Waals surface area contributed by atoms with E-state index in [0.29, 0.717) is 5.56 Å². The van der Waals surface area contributed by atoms with Gasteiger partial charge in [-0.25, -0.2) is 9.18 Å². The highest BCUT2D eigenvalue weighted by molar-refractivity contribution is 5.99. The number of ether oxygens (including phenoxy) is 1. The lowest BCUT2D eigenvalue weighted by molar-refractivity contribution is -0.119. The number of carbonyl (C=O) groups is 3. The maximum absolute atomic E-state index is 13.1. The largest absolute Gasteiger partial charge is 0.454 e. The fraction of sp³-hybridized carbons (Fsp3) is 0.211. The monoisotopic (exact) mass is 343 g/mol. The number of hydrogen-bond donors (Lipinski definition) is 1. The van der Waals surface area contributed by atoms with Crippen LogP contribution in [-0.4, -0.2) is 24.3 Å². The van der Waals surface area contributed by atoms with Crippen molar-refractivity contribution in [3.8, 4) is 0 Å². The summed E-state index contributed by atoms with van der Waals surface area (Å²) >= 11 is 0. The topological polar surface area (TPSA) is 72.5 Å². The molecule has 0 saturated carbocycles. The minimum absolute atomic E-state index is 0.0484. The van der Waals surface area contributed by atoms with Gasteiger partial charge in [-0.05, 0) is 30.7 Å². The van der Waals surface area contributed by atoms with Gasteiger partial charge in [0.1, 0.15) is 5.82 Å². The molecule has 0 spiro atoms. The Morgan fingerprint density at radius 2 is 1.76 bits per heavy atom. The van der Waals surface area contributed by atoms with Crippen LogP contribution in [0.4, 0.5) is 4.39 Å². The van der Waals surface area contributed by atoms with E-state index < -0.39 is 18.4 Å². The Labute approximate surface area is 144 Å². The third-order valence-electron chi connectivity index (χ3n) is 3.55. The molecule has 1 atom stereocenters. The second-order valence-electron chi connectivity index (χ2n) is 5.55. The van der Waals surface area contributed by atoms with E-state index in [4.69, 9.17) is 4.74 Å². The first kappa shape index (κ1) is 18.3. The van der Waals surface area contributed by atoms with Crippen LogP contribution in [0.25, 0.3) is 0 Å². The van der Waals surface area contributed by atoms with Gasteiger partial charge in [0.05, 0.1) is 11.6 Å². The first-order chi connectivity index (χ1) is 11.9. The third-order valence-corrected chi connectivity index (χ3v) is 3.55. The molecule has 2 rings (SSSR count). The number of rotatable bonds is 6. The summed E-state index contributed by atoms with van der Waals surface area (Å²) < 4.78 is 18.0. The number of esters is 1. The zero-order chi connectivity index (χ0) is 18.4. The second-order valence-corrected chi connectivity index (χ2v) is 5.55. The fourth-order valence-electron chi connectivity index (χ4n) is 2.26. The van der Waals surface area contributed by atoms with Crippen molar-refractivity contribution in [2.75, 3.05) is 6.61 Å². The zero-order valence-corrected chi connectivity index (χ0v) is 13.9. The number of Topliss-reactive ketones (excluding diaryl/α,β-unsaturated/α-hetero) is 1. The molecule has 1 unspecified atom stereocenters. The number of halogens is 1. The lowest BCUT2D eigenvalue weighted by Crippen LogP contribution is -2.23. The summed E-state index contributed by atoms with van der Waals surface area (Å²) in [5.41, 5.74) is 1.28. The van der Waals surface area contributed by atoms with Crippen LogP contribution in [0.3, 0.4) is 0 Å². The summed E-state index contributed by atoms with van der Waals surface area (Å²) in [4.78, 5) is 34.9. The average Bonchev–Trinajstić information content (AvgIpc) is 2.59. The minimum atomic E-state index is -0.760. The molecule has 0 aliphatic rings. The van der Waals surface area contributed by atoms with Crippen LogP contribution in [0.2, 0.25) is 0 Å². The van der Waals surface area contributed by atoms with Crippen LogP contribution in [0.1, 0.15) is 46.2 Å². The predicted octanol–water partition coefficient (Wildman–Crippen LogP) is 3.06. The van der Waals surface area contributed by atoms with Crippen molar-refractivity contribution in [3.63, 3.8) is 0 Å². The van der Waals surface area contributed by atoms with Crippen LogP contribution in [0, 0.1) is 5.82 Å². The molecule has 0 aliphatic heterocycles. The predicted molar refractivity (Wildman–Crippen MR) is 89.7 cm³/mol. The maximum atomic E-state index is 13.1. The van der Waals surface area contributed by atoms with Crippen molar-refractivity contribution in [2.24, 2.45) is 0 Å². The zero-order valence-electron chi connectivity index (χ0n) is 13.9. The van der Waals surface area contributed by atoms with E-state index in [1.165, 1.54) is 25.1 Å². The summed E-state index contributed by atoms with van der Waals surface area (Å²) in [5, 5.41) is 2.75. The Morgan fingerprint density at radius 1 is 1.08 bits per heavy atom. The number of ketones is 1. The maximum Gasteiger partial charge on any atom is 0.338 e. The Morgan fingerprint density at radius 3 is 2.36 bits per heavy atom. The Kier molecular flexibility index (Phi) is 6.00. The molecule has 6 heteroatoms. The summed E-state index contributed by atoms with van der Waals surface area (Å²) in [6.45, 7) is 2.83. The molecular weight excluding hydrogens is 325 g/mol. The van der Waals surface area contributed by atoms with Gasteiger partial charge in [0.2, 0.25) is 5.91 Å². The van der Waals surface area contributed by atoms with E-state index in [1.807, 2.05) is 6.92 Å². The van der Waals surface area contributed by atoms with E-state index in [1.54, 1.807) is 24.3 Å². The molecule has 0 aromatic heterocycles.